The maximum absolute atomic E-state index is 13.1. The summed E-state index contributed by atoms with van der Waals surface area (Å²) in [5, 5.41) is 3.92. The molecule has 2 heterocycles. The number of hydrogen-bond acceptors (Lipinski definition) is 3. The van der Waals surface area contributed by atoms with Crippen LogP contribution in [0.5, 0.6) is 5.75 Å². The lowest BCUT2D eigenvalue weighted by Crippen LogP contribution is -2.24. The fourth-order valence-electron chi connectivity index (χ4n) is 4.05. The quantitative estimate of drug-likeness (QED) is 0.647. The van der Waals surface area contributed by atoms with Crippen molar-refractivity contribution < 1.29 is 14.3 Å². The minimum atomic E-state index is -0.166. The topological polar surface area (TPSA) is 63.6 Å². The zero-order valence-corrected chi connectivity index (χ0v) is 17.6. The van der Waals surface area contributed by atoms with E-state index in [1.54, 1.807) is 18.1 Å². The van der Waals surface area contributed by atoms with Crippen LogP contribution in [0.3, 0.4) is 0 Å². The van der Waals surface area contributed by atoms with Gasteiger partial charge in [-0.2, -0.15) is 0 Å². The van der Waals surface area contributed by atoms with Crippen molar-refractivity contribution in [1.29, 1.82) is 0 Å². The Bertz CT molecular complexity index is 1100. The molecule has 0 saturated carbocycles. The summed E-state index contributed by atoms with van der Waals surface area (Å²) in [5.41, 5.74) is 3.07. The molecule has 6 nitrogen and oxygen atoms in total. The molecule has 30 heavy (non-hydrogen) atoms. The minimum absolute atomic E-state index is 0.100. The van der Waals surface area contributed by atoms with Crippen LogP contribution < -0.4 is 15.0 Å². The molecule has 3 aromatic rings. The second-order valence-corrected chi connectivity index (χ2v) is 8.10. The number of para-hydroxylation sites is 1. The van der Waals surface area contributed by atoms with Gasteiger partial charge in [0.2, 0.25) is 5.91 Å². The van der Waals surface area contributed by atoms with E-state index >= 15 is 0 Å². The zero-order valence-electron chi connectivity index (χ0n) is 17.6. The summed E-state index contributed by atoms with van der Waals surface area (Å²) < 4.78 is 7.64. The van der Waals surface area contributed by atoms with Crippen molar-refractivity contribution in [3.63, 3.8) is 0 Å². The van der Waals surface area contributed by atoms with Crippen molar-refractivity contribution in [3.05, 3.63) is 54.2 Å². The van der Waals surface area contributed by atoms with Crippen molar-refractivity contribution in [3.8, 4) is 5.75 Å². The van der Waals surface area contributed by atoms with Gasteiger partial charge in [0, 0.05) is 48.4 Å². The standard InChI is InChI=1S/C24H27N3O3/c1-16(2)14-26-15-19(18-7-4-5-8-20(18)26)24(29)25-17-10-11-21(22(13-17)30-3)27-12-6-9-23(27)28/h4-5,7-8,10-11,13,15-16H,6,9,12,14H2,1-3H3,(H,25,29). The second kappa shape index (κ2) is 8.22. The number of hydrogen-bond donors (Lipinski definition) is 1. The van der Waals surface area contributed by atoms with Crippen LogP contribution in [0.1, 0.15) is 37.0 Å². The summed E-state index contributed by atoms with van der Waals surface area (Å²) >= 11 is 0. The van der Waals surface area contributed by atoms with E-state index in [2.05, 4.69) is 23.7 Å². The summed E-state index contributed by atoms with van der Waals surface area (Å²) in [7, 11) is 1.57. The smallest absolute Gasteiger partial charge is 0.257 e. The molecule has 1 aliphatic heterocycles. The molecule has 2 amide bonds. The summed E-state index contributed by atoms with van der Waals surface area (Å²) in [6.07, 6.45) is 3.33. The molecule has 0 unspecified atom stereocenters. The fourth-order valence-corrected chi connectivity index (χ4v) is 4.05. The van der Waals surface area contributed by atoms with Gasteiger partial charge in [0.25, 0.3) is 5.91 Å². The normalized spacial score (nSPS) is 14.0. The number of nitrogens with one attached hydrogen (secondary N) is 1. The number of carbonyl (C=O) groups excluding carboxylic acids is 2. The van der Waals surface area contributed by atoms with Gasteiger partial charge in [0.05, 0.1) is 18.4 Å². The number of fused-ring (bicyclic) bond motifs is 1. The SMILES string of the molecule is COc1cc(NC(=O)c2cn(CC(C)C)c3ccccc23)ccc1N1CCCC1=O. The van der Waals surface area contributed by atoms with Crippen molar-refractivity contribution >= 4 is 34.1 Å². The summed E-state index contributed by atoms with van der Waals surface area (Å²) in [6, 6.07) is 13.4. The van der Waals surface area contributed by atoms with Crippen LogP contribution in [-0.4, -0.2) is 30.0 Å². The number of benzene rings is 2. The molecule has 4 rings (SSSR count). The minimum Gasteiger partial charge on any atom is -0.494 e. The van der Waals surface area contributed by atoms with Crippen molar-refractivity contribution in [1.82, 2.24) is 4.57 Å². The van der Waals surface area contributed by atoms with Crippen LogP contribution in [-0.2, 0) is 11.3 Å². The Morgan fingerprint density at radius 3 is 2.70 bits per heavy atom. The third kappa shape index (κ3) is 3.77. The molecule has 0 aliphatic carbocycles. The lowest BCUT2D eigenvalue weighted by Gasteiger charge is -2.19. The van der Waals surface area contributed by atoms with Crippen LogP contribution >= 0.6 is 0 Å². The van der Waals surface area contributed by atoms with E-state index < -0.39 is 0 Å². The van der Waals surface area contributed by atoms with Crippen molar-refractivity contribution in [2.75, 3.05) is 23.9 Å². The molecule has 1 aliphatic rings. The van der Waals surface area contributed by atoms with Gasteiger partial charge in [-0.1, -0.05) is 32.0 Å². The molecule has 1 saturated heterocycles. The predicted octanol–water partition coefficient (Wildman–Crippen LogP) is 4.69. The highest BCUT2D eigenvalue weighted by atomic mass is 16.5. The van der Waals surface area contributed by atoms with E-state index in [9.17, 15) is 9.59 Å². The van der Waals surface area contributed by atoms with Gasteiger partial charge in [0.1, 0.15) is 5.75 Å². The lowest BCUT2D eigenvalue weighted by molar-refractivity contribution is -0.117. The number of aromatic nitrogens is 1. The van der Waals surface area contributed by atoms with Gasteiger partial charge in [0.15, 0.2) is 0 Å². The van der Waals surface area contributed by atoms with Crippen LogP contribution in [0.4, 0.5) is 11.4 Å². The van der Waals surface area contributed by atoms with Gasteiger partial charge in [-0.3, -0.25) is 9.59 Å². The molecule has 0 spiro atoms. The summed E-state index contributed by atoms with van der Waals surface area (Å²) in [5.74, 6) is 0.982. The number of amides is 2. The largest absolute Gasteiger partial charge is 0.494 e. The Labute approximate surface area is 176 Å². The van der Waals surface area contributed by atoms with Gasteiger partial charge < -0.3 is 19.5 Å². The van der Waals surface area contributed by atoms with Crippen LogP contribution in [0.25, 0.3) is 10.9 Å². The molecule has 6 heteroatoms. The monoisotopic (exact) mass is 405 g/mol. The van der Waals surface area contributed by atoms with Crippen molar-refractivity contribution in [2.45, 2.75) is 33.2 Å². The second-order valence-electron chi connectivity index (χ2n) is 8.10. The Hall–Kier alpha value is -3.28. The maximum atomic E-state index is 13.1. The third-order valence-corrected chi connectivity index (χ3v) is 5.40. The molecular formula is C24H27N3O3. The maximum Gasteiger partial charge on any atom is 0.257 e. The Balaban J connectivity index is 1.62. The first-order chi connectivity index (χ1) is 14.5. The Morgan fingerprint density at radius 1 is 1.20 bits per heavy atom. The first-order valence-corrected chi connectivity index (χ1v) is 10.4. The Morgan fingerprint density at radius 2 is 2.00 bits per heavy atom. The Kier molecular flexibility index (Phi) is 5.48. The molecule has 0 bridgehead atoms. The average molecular weight is 405 g/mol. The van der Waals surface area contributed by atoms with E-state index in [0.717, 1.165) is 29.6 Å². The molecule has 2 aromatic carbocycles. The van der Waals surface area contributed by atoms with Gasteiger partial charge in [-0.15, -0.1) is 0 Å². The van der Waals surface area contributed by atoms with E-state index in [-0.39, 0.29) is 11.8 Å². The first kappa shape index (κ1) is 20.0. The number of anilines is 2. The highest BCUT2D eigenvalue weighted by Gasteiger charge is 2.25. The molecule has 156 valence electrons. The number of rotatable bonds is 6. The van der Waals surface area contributed by atoms with E-state index in [4.69, 9.17) is 4.74 Å². The van der Waals surface area contributed by atoms with Crippen LogP contribution in [0.15, 0.2) is 48.7 Å². The molecule has 0 radical (unpaired) electrons. The van der Waals surface area contributed by atoms with E-state index in [0.29, 0.717) is 35.9 Å². The molecule has 1 fully saturated rings. The molecule has 1 N–H and O–H groups in total. The summed E-state index contributed by atoms with van der Waals surface area (Å²) in [4.78, 5) is 26.9. The molecule has 1 aromatic heterocycles. The van der Waals surface area contributed by atoms with Crippen LogP contribution in [0, 0.1) is 5.92 Å². The number of nitrogens with zero attached hydrogens (tertiary/aromatic N) is 2. The van der Waals surface area contributed by atoms with E-state index in [1.165, 1.54) is 0 Å². The summed E-state index contributed by atoms with van der Waals surface area (Å²) in [6.45, 7) is 5.86. The van der Waals surface area contributed by atoms with Gasteiger partial charge >= 0.3 is 0 Å². The lowest BCUT2D eigenvalue weighted by atomic mass is 10.1. The number of carbonyl (C=O) groups is 2. The predicted molar refractivity (Wildman–Crippen MR) is 119 cm³/mol. The van der Waals surface area contributed by atoms with E-state index in [1.807, 2.05) is 42.6 Å². The van der Waals surface area contributed by atoms with Gasteiger partial charge in [-0.05, 0) is 30.5 Å². The first-order valence-electron chi connectivity index (χ1n) is 10.4. The highest BCUT2D eigenvalue weighted by molar-refractivity contribution is 6.13. The van der Waals surface area contributed by atoms with Crippen LogP contribution in [0.2, 0.25) is 0 Å². The molecular weight excluding hydrogens is 378 g/mol. The number of methoxy groups -OCH3 is 1. The fraction of sp³-hybridized carbons (Fsp3) is 0.333. The van der Waals surface area contributed by atoms with Gasteiger partial charge in [-0.25, -0.2) is 0 Å². The van der Waals surface area contributed by atoms with Crippen molar-refractivity contribution in [2.24, 2.45) is 5.92 Å². The zero-order chi connectivity index (χ0) is 21.3. The number of ether oxygens (including phenoxy) is 1. The average Bonchev–Trinajstić information content (AvgIpc) is 3.31. The molecule has 0 atom stereocenters. The highest BCUT2D eigenvalue weighted by Crippen LogP contribution is 2.34. The third-order valence-electron chi connectivity index (χ3n) is 5.40.